The summed E-state index contributed by atoms with van der Waals surface area (Å²) >= 11 is 0. The summed E-state index contributed by atoms with van der Waals surface area (Å²) in [5.41, 5.74) is -1.22. The molecule has 78 valence electrons. The smallest absolute Gasteiger partial charge is 0.318 e. The minimum atomic E-state index is -1.22. The number of carbonyl (C=O) groups excluding carboxylic acids is 1. The summed E-state index contributed by atoms with van der Waals surface area (Å²) in [6.45, 7) is 7.17. The molecule has 0 aromatic heterocycles. The van der Waals surface area contributed by atoms with Gasteiger partial charge in [0, 0.05) is 6.42 Å². The molecule has 0 radical (unpaired) electrons. The lowest BCUT2D eigenvalue weighted by Crippen LogP contribution is -2.44. The predicted molar refractivity (Wildman–Crippen MR) is 52.8 cm³/mol. The van der Waals surface area contributed by atoms with Crippen LogP contribution in [-0.2, 0) is 9.59 Å². The molecular weight excluding hydrogens is 180 g/mol. The molecule has 3 nitrogen and oxygen atoms in total. The molecule has 1 aliphatic carbocycles. The standard InChI is InChI=1S/C11H16O3/c1-4-7(2)11(10(13)14)8(3)5-6-9(11)12/h4,7-8H,1,5-6H2,2-3H3,(H,13,14)/t7-,8+,11+/m0/s1. The third kappa shape index (κ3) is 1.19. The van der Waals surface area contributed by atoms with E-state index in [-0.39, 0.29) is 17.6 Å². The van der Waals surface area contributed by atoms with Gasteiger partial charge in [-0.3, -0.25) is 9.59 Å². The number of carbonyl (C=O) groups is 2. The number of carboxylic acids is 1. The number of hydrogen-bond donors (Lipinski definition) is 1. The molecule has 0 bridgehead atoms. The van der Waals surface area contributed by atoms with Crippen molar-refractivity contribution in [2.75, 3.05) is 0 Å². The Kier molecular flexibility index (Phi) is 2.79. The molecule has 1 rings (SSSR count). The van der Waals surface area contributed by atoms with Crippen molar-refractivity contribution in [3.8, 4) is 0 Å². The van der Waals surface area contributed by atoms with Crippen LogP contribution in [0, 0.1) is 17.3 Å². The van der Waals surface area contributed by atoms with Gasteiger partial charge in [-0.2, -0.15) is 0 Å². The number of ketones is 1. The quantitative estimate of drug-likeness (QED) is 0.554. The zero-order valence-corrected chi connectivity index (χ0v) is 8.62. The van der Waals surface area contributed by atoms with Gasteiger partial charge in [-0.15, -0.1) is 6.58 Å². The molecule has 14 heavy (non-hydrogen) atoms. The van der Waals surface area contributed by atoms with Crippen LogP contribution < -0.4 is 0 Å². The molecule has 0 heterocycles. The number of rotatable bonds is 3. The summed E-state index contributed by atoms with van der Waals surface area (Å²) in [6.07, 6.45) is 2.61. The van der Waals surface area contributed by atoms with Gasteiger partial charge in [-0.1, -0.05) is 19.9 Å². The highest BCUT2D eigenvalue weighted by Crippen LogP contribution is 2.46. The normalized spacial score (nSPS) is 34.1. The van der Waals surface area contributed by atoms with Crippen LogP contribution in [0.1, 0.15) is 26.7 Å². The van der Waals surface area contributed by atoms with Gasteiger partial charge in [0.2, 0.25) is 0 Å². The van der Waals surface area contributed by atoms with Crippen LogP contribution in [0.2, 0.25) is 0 Å². The second-order valence-electron chi connectivity index (χ2n) is 4.06. The molecule has 3 atom stereocenters. The molecule has 1 saturated carbocycles. The van der Waals surface area contributed by atoms with Crippen LogP contribution in [-0.4, -0.2) is 16.9 Å². The summed E-state index contributed by atoms with van der Waals surface area (Å²) in [5, 5.41) is 9.24. The Morgan fingerprint density at radius 3 is 2.64 bits per heavy atom. The fourth-order valence-corrected chi connectivity index (χ4v) is 2.47. The van der Waals surface area contributed by atoms with Crippen molar-refractivity contribution in [3.63, 3.8) is 0 Å². The van der Waals surface area contributed by atoms with Crippen LogP contribution in [0.5, 0.6) is 0 Å². The predicted octanol–water partition coefficient (Wildman–Crippen LogP) is 1.88. The molecule has 3 heteroatoms. The van der Waals surface area contributed by atoms with E-state index in [1.807, 2.05) is 6.92 Å². The van der Waals surface area contributed by atoms with E-state index in [2.05, 4.69) is 6.58 Å². The van der Waals surface area contributed by atoms with Crippen molar-refractivity contribution in [1.82, 2.24) is 0 Å². The van der Waals surface area contributed by atoms with E-state index < -0.39 is 11.4 Å². The first-order valence-electron chi connectivity index (χ1n) is 4.87. The molecule has 1 N–H and O–H groups in total. The topological polar surface area (TPSA) is 54.4 Å². The summed E-state index contributed by atoms with van der Waals surface area (Å²) in [6, 6.07) is 0. The second-order valence-corrected chi connectivity index (χ2v) is 4.06. The summed E-state index contributed by atoms with van der Waals surface area (Å²) < 4.78 is 0. The van der Waals surface area contributed by atoms with Crippen molar-refractivity contribution < 1.29 is 14.7 Å². The Labute approximate surface area is 83.8 Å². The third-order valence-corrected chi connectivity index (χ3v) is 3.47. The maximum absolute atomic E-state index is 11.7. The van der Waals surface area contributed by atoms with Crippen molar-refractivity contribution >= 4 is 11.8 Å². The van der Waals surface area contributed by atoms with Crippen LogP contribution in [0.4, 0.5) is 0 Å². The number of aliphatic carboxylic acids is 1. The van der Waals surface area contributed by atoms with E-state index >= 15 is 0 Å². The van der Waals surface area contributed by atoms with Crippen molar-refractivity contribution in [2.24, 2.45) is 17.3 Å². The molecule has 0 unspecified atom stereocenters. The van der Waals surface area contributed by atoms with Gasteiger partial charge in [0.1, 0.15) is 5.41 Å². The highest BCUT2D eigenvalue weighted by molar-refractivity contribution is 6.05. The van der Waals surface area contributed by atoms with Gasteiger partial charge in [-0.25, -0.2) is 0 Å². The van der Waals surface area contributed by atoms with Gasteiger partial charge < -0.3 is 5.11 Å². The Bertz CT molecular complexity index is 282. The first-order valence-corrected chi connectivity index (χ1v) is 4.87. The zero-order valence-electron chi connectivity index (χ0n) is 8.62. The van der Waals surface area contributed by atoms with Crippen LogP contribution >= 0.6 is 0 Å². The SMILES string of the molecule is C=C[C@H](C)[C@]1(C(=O)O)C(=O)CC[C@H]1C. The first-order chi connectivity index (χ1) is 6.47. The molecule has 0 aromatic rings. The Hall–Kier alpha value is -1.12. The lowest BCUT2D eigenvalue weighted by Gasteiger charge is -2.31. The van der Waals surface area contributed by atoms with Crippen LogP contribution in [0.3, 0.4) is 0 Å². The fraction of sp³-hybridized carbons (Fsp3) is 0.636. The number of hydrogen-bond acceptors (Lipinski definition) is 2. The highest BCUT2D eigenvalue weighted by atomic mass is 16.4. The minimum absolute atomic E-state index is 0.0968. The molecule has 0 aromatic carbocycles. The van der Waals surface area contributed by atoms with E-state index in [4.69, 9.17) is 0 Å². The van der Waals surface area contributed by atoms with Gasteiger partial charge in [-0.05, 0) is 18.3 Å². The summed E-state index contributed by atoms with van der Waals surface area (Å²) in [7, 11) is 0. The third-order valence-electron chi connectivity index (χ3n) is 3.47. The van der Waals surface area contributed by atoms with Gasteiger partial charge in [0.25, 0.3) is 0 Å². The Morgan fingerprint density at radius 1 is 1.79 bits per heavy atom. The maximum Gasteiger partial charge on any atom is 0.318 e. The monoisotopic (exact) mass is 196 g/mol. The van der Waals surface area contributed by atoms with Gasteiger partial charge in [0.05, 0.1) is 0 Å². The van der Waals surface area contributed by atoms with Gasteiger partial charge in [0.15, 0.2) is 5.78 Å². The van der Waals surface area contributed by atoms with Crippen molar-refractivity contribution in [1.29, 1.82) is 0 Å². The molecule has 0 spiro atoms. The zero-order chi connectivity index (χ0) is 10.9. The maximum atomic E-state index is 11.7. The number of allylic oxidation sites excluding steroid dienone is 1. The minimum Gasteiger partial charge on any atom is -0.480 e. The molecule has 0 amide bonds. The molecule has 0 saturated heterocycles. The lowest BCUT2D eigenvalue weighted by atomic mass is 9.69. The fourth-order valence-electron chi connectivity index (χ4n) is 2.47. The number of carboxylic acid groups (broad SMARTS) is 1. The first kappa shape index (κ1) is 11.0. The summed E-state index contributed by atoms with van der Waals surface area (Å²) in [5.74, 6) is -1.55. The van der Waals surface area contributed by atoms with Crippen molar-refractivity contribution in [2.45, 2.75) is 26.7 Å². The van der Waals surface area contributed by atoms with E-state index in [9.17, 15) is 14.7 Å². The van der Waals surface area contributed by atoms with Crippen LogP contribution in [0.15, 0.2) is 12.7 Å². The summed E-state index contributed by atoms with van der Waals surface area (Å²) in [4.78, 5) is 23.0. The Morgan fingerprint density at radius 2 is 2.36 bits per heavy atom. The number of Topliss-reactive ketones (excluding diaryl/α,β-unsaturated/α-hetero) is 1. The molecule has 1 fully saturated rings. The van der Waals surface area contributed by atoms with Crippen molar-refractivity contribution in [3.05, 3.63) is 12.7 Å². The van der Waals surface area contributed by atoms with E-state index in [1.54, 1.807) is 13.0 Å². The lowest BCUT2D eigenvalue weighted by molar-refractivity contribution is -0.158. The van der Waals surface area contributed by atoms with Crippen LogP contribution in [0.25, 0.3) is 0 Å². The largest absolute Gasteiger partial charge is 0.480 e. The van der Waals surface area contributed by atoms with E-state index in [0.717, 1.165) is 0 Å². The van der Waals surface area contributed by atoms with Gasteiger partial charge >= 0.3 is 5.97 Å². The molecule has 1 aliphatic rings. The molecule has 0 aliphatic heterocycles. The average molecular weight is 196 g/mol. The highest BCUT2D eigenvalue weighted by Gasteiger charge is 2.56. The van der Waals surface area contributed by atoms with E-state index in [1.165, 1.54) is 0 Å². The Balaban J connectivity index is 3.21. The molecular formula is C11H16O3. The average Bonchev–Trinajstić information content (AvgIpc) is 2.42. The second kappa shape index (κ2) is 3.56. The van der Waals surface area contributed by atoms with E-state index in [0.29, 0.717) is 12.8 Å².